The SMILES string of the molecule is CCOc1cc(F)c(F)cc1CN1CC[C@@H](CN)C1.Cl. The highest BCUT2D eigenvalue weighted by Gasteiger charge is 2.22. The van der Waals surface area contributed by atoms with Crippen molar-refractivity contribution in [1.82, 2.24) is 4.90 Å². The highest BCUT2D eigenvalue weighted by molar-refractivity contribution is 5.85. The monoisotopic (exact) mass is 306 g/mol. The first-order chi connectivity index (χ1) is 9.13. The lowest BCUT2D eigenvalue weighted by molar-refractivity contribution is 0.295. The van der Waals surface area contributed by atoms with Crippen molar-refractivity contribution in [1.29, 1.82) is 0 Å². The fourth-order valence-corrected chi connectivity index (χ4v) is 2.47. The Morgan fingerprint density at radius 1 is 1.35 bits per heavy atom. The van der Waals surface area contributed by atoms with Crippen molar-refractivity contribution in [2.24, 2.45) is 11.7 Å². The maximum Gasteiger partial charge on any atom is 0.162 e. The van der Waals surface area contributed by atoms with Crippen LogP contribution in [0, 0.1) is 17.6 Å². The summed E-state index contributed by atoms with van der Waals surface area (Å²) in [6, 6.07) is 2.36. The first-order valence-electron chi connectivity index (χ1n) is 6.67. The second kappa shape index (κ2) is 7.76. The molecule has 20 heavy (non-hydrogen) atoms. The zero-order valence-corrected chi connectivity index (χ0v) is 12.4. The van der Waals surface area contributed by atoms with Gasteiger partial charge in [0.25, 0.3) is 0 Å². The molecular weight excluding hydrogens is 286 g/mol. The number of halogens is 3. The Hall–Kier alpha value is -0.910. The number of nitrogens with two attached hydrogens (primary N) is 1. The van der Waals surface area contributed by atoms with Gasteiger partial charge in [-0.3, -0.25) is 4.90 Å². The smallest absolute Gasteiger partial charge is 0.162 e. The largest absolute Gasteiger partial charge is 0.493 e. The van der Waals surface area contributed by atoms with E-state index in [9.17, 15) is 8.78 Å². The van der Waals surface area contributed by atoms with Crippen LogP contribution < -0.4 is 10.5 Å². The molecule has 1 aliphatic heterocycles. The summed E-state index contributed by atoms with van der Waals surface area (Å²) in [6.07, 6.45) is 1.06. The molecule has 1 heterocycles. The van der Waals surface area contributed by atoms with Gasteiger partial charge in [-0.2, -0.15) is 0 Å². The van der Waals surface area contributed by atoms with Gasteiger partial charge in [0, 0.05) is 24.7 Å². The summed E-state index contributed by atoms with van der Waals surface area (Å²) in [6.45, 7) is 5.35. The molecule has 114 valence electrons. The summed E-state index contributed by atoms with van der Waals surface area (Å²) in [5.74, 6) is -0.764. The predicted molar refractivity (Wildman–Crippen MR) is 77.2 cm³/mol. The summed E-state index contributed by atoms with van der Waals surface area (Å²) in [5.41, 5.74) is 6.34. The number of benzene rings is 1. The third kappa shape index (κ3) is 4.04. The first-order valence-corrected chi connectivity index (χ1v) is 6.67. The summed E-state index contributed by atoms with van der Waals surface area (Å²) in [7, 11) is 0. The quantitative estimate of drug-likeness (QED) is 0.908. The van der Waals surface area contributed by atoms with Gasteiger partial charge < -0.3 is 10.5 Å². The van der Waals surface area contributed by atoms with E-state index in [1.165, 1.54) is 6.07 Å². The van der Waals surface area contributed by atoms with E-state index < -0.39 is 11.6 Å². The number of hydrogen-bond acceptors (Lipinski definition) is 3. The van der Waals surface area contributed by atoms with Crippen LogP contribution in [0.1, 0.15) is 18.9 Å². The molecule has 6 heteroatoms. The Kier molecular flexibility index (Phi) is 6.65. The van der Waals surface area contributed by atoms with Crippen LogP contribution in [-0.2, 0) is 6.54 Å². The minimum Gasteiger partial charge on any atom is -0.493 e. The minimum absolute atomic E-state index is 0. The summed E-state index contributed by atoms with van der Waals surface area (Å²) < 4.78 is 32.0. The zero-order chi connectivity index (χ0) is 13.8. The van der Waals surface area contributed by atoms with Crippen molar-refractivity contribution < 1.29 is 13.5 Å². The Bertz CT molecular complexity index is 445. The van der Waals surface area contributed by atoms with Gasteiger partial charge in [0.1, 0.15) is 5.75 Å². The fourth-order valence-electron chi connectivity index (χ4n) is 2.47. The molecule has 1 aromatic carbocycles. The van der Waals surface area contributed by atoms with E-state index in [2.05, 4.69) is 4.90 Å². The van der Waals surface area contributed by atoms with Crippen LogP contribution in [0.2, 0.25) is 0 Å². The van der Waals surface area contributed by atoms with Crippen molar-refractivity contribution in [3.8, 4) is 5.75 Å². The predicted octanol–water partition coefficient (Wildman–Crippen LogP) is 2.57. The lowest BCUT2D eigenvalue weighted by Gasteiger charge is -2.18. The average Bonchev–Trinajstić information content (AvgIpc) is 2.83. The molecule has 0 radical (unpaired) electrons. The Labute approximate surface area is 124 Å². The standard InChI is InChI=1S/C14H20F2N2O.ClH/c1-2-19-14-6-13(16)12(15)5-11(14)9-18-4-3-10(7-17)8-18;/h5-6,10H,2-4,7-9,17H2,1H3;1H/t10-;/m0./s1. The maximum absolute atomic E-state index is 13.3. The van der Waals surface area contributed by atoms with E-state index in [4.69, 9.17) is 10.5 Å². The van der Waals surface area contributed by atoms with Crippen molar-refractivity contribution in [2.45, 2.75) is 19.9 Å². The van der Waals surface area contributed by atoms with Crippen LogP contribution >= 0.6 is 12.4 Å². The van der Waals surface area contributed by atoms with E-state index >= 15 is 0 Å². The van der Waals surface area contributed by atoms with Crippen LogP contribution in [0.25, 0.3) is 0 Å². The van der Waals surface area contributed by atoms with E-state index in [0.29, 0.717) is 36.9 Å². The third-order valence-corrected chi connectivity index (χ3v) is 3.50. The molecule has 3 nitrogen and oxygen atoms in total. The highest BCUT2D eigenvalue weighted by Crippen LogP contribution is 2.26. The van der Waals surface area contributed by atoms with Gasteiger partial charge in [-0.15, -0.1) is 12.4 Å². The average molecular weight is 307 g/mol. The number of rotatable bonds is 5. The highest BCUT2D eigenvalue weighted by atomic mass is 35.5. The summed E-state index contributed by atoms with van der Waals surface area (Å²) >= 11 is 0. The van der Waals surface area contributed by atoms with Crippen molar-refractivity contribution >= 4 is 12.4 Å². The normalized spacial score (nSPS) is 18.9. The number of nitrogens with zero attached hydrogens (tertiary/aromatic N) is 1. The van der Waals surface area contributed by atoms with Crippen LogP contribution in [0.5, 0.6) is 5.75 Å². The van der Waals surface area contributed by atoms with Crippen LogP contribution in [-0.4, -0.2) is 31.1 Å². The molecule has 0 bridgehead atoms. The van der Waals surface area contributed by atoms with E-state index in [1.54, 1.807) is 0 Å². The van der Waals surface area contributed by atoms with Gasteiger partial charge in [0.2, 0.25) is 0 Å². The molecule has 2 N–H and O–H groups in total. The first kappa shape index (κ1) is 17.1. The van der Waals surface area contributed by atoms with E-state index in [-0.39, 0.29) is 12.4 Å². The van der Waals surface area contributed by atoms with Crippen LogP contribution in [0.3, 0.4) is 0 Å². The van der Waals surface area contributed by atoms with Crippen LogP contribution in [0.4, 0.5) is 8.78 Å². The van der Waals surface area contributed by atoms with Gasteiger partial charge in [0.15, 0.2) is 11.6 Å². The maximum atomic E-state index is 13.3. The second-order valence-corrected chi connectivity index (χ2v) is 4.93. The number of hydrogen-bond donors (Lipinski definition) is 1. The second-order valence-electron chi connectivity index (χ2n) is 4.93. The fraction of sp³-hybridized carbons (Fsp3) is 0.571. The molecule has 1 aromatic rings. The molecule has 1 atom stereocenters. The van der Waals surface area contributed by atoms with Crippen molar-refractivity contribution in [3.05, 3.63) is 29.3 Å². The number of ether oxygens (including phenoxy) is 1. The third-order valence-electron chi connectivity index (χ3n) is 3.50. The molecule has 0 aliphatic carbocycles. The molecule has 0 aromatic heterocycles. The molecule has 1 fully saturated rings. The molecule has 0 saturated carbocycles. The molecule has 0 amide bonds. The molecule has 1 aliphatic rings. The molecule has 1 saturated heterocycles. The van der Waals surface area contributed by atoms with Gasteiger partial charge in [-0.1, -0.05) is 0 Å². The Balaban J connectivity index is 0.00000200. The number of likely N-dealkylation sites (tertiary alicyclic amines) is 1. The lowest BCUT2D eigenvalue weighted by Crippen LogP contribution is -2.23. The molecule has 0 unspecified atom stereocenters. The van der Waals surface area contributed by atoms with E-state index in [0.717, 1.165) is 25.6 Å². The van der Waals surface area contributed by atoms with Gasteiger partial charge in [-0.05, 0) is 38.4 Å². The zero-order valence-electron chi connectivity index (χ0n) is 11.6. The van der Waals surface area contributed by atoms with Crippen LogP contribution in [0.15, 0.2) is 12.1 Å². The minimum atomic E-state index is -0.867. The molecule has 0 spiro atoms. The Morgan fingerprint density at radius 2 is 2.05 bits per heavy atom. The summed E-state index contributed by atoms with van der Waals surface area (Å²) in [4.78, 5) is 2.20. The topological polar surface area (TPSA) is 38.5 Å². The Morgan fingerprint density at radius 3 is 2.65 bits per heavy atom. The molecular formula is C14H21ClF2N2O. The van der Waals surface area contributed by atoms with Crippen molar-refractivity contribution in [2.75, 3.05) is 26.2 Å². The van der Waals surface area contributed by atoms with Gasteiger partial charge in [0.05, 0.1) is 6.61 Å². The van der Waals surface area contributed by atoms with Gasteiger partial charge >= 0.3 is 0 Å². The van der Waals surface area contributed by atoms with Gasteiger partial charge in [-0.25, -0.2) is 8.78 Å². The lowest BCUT2D eigenvalue weighted by atomic mass is 10.1. The summed E-state index contributed by atoms with van der Waals surface area (Å²) in [5, 5.41) is 0. The van der Waals surface area contributed by atoms with E-state index in [1.807, 2.05) is 6.92 Å². The van der Waals surface area contributed by atoms with Crippen molar-refractivity contribution in [3.63, 3.8) is 0 Å². The molecule has 2 rings (SSSR count).